The summed E-state index contributed by atoms with van der Waals surface area (Å²) < 4.78 is 0. The summed E-state index contributed by atoms with van der Waals surface area (Å²) in [4.78, 5) is 11.7. The van der Waals surface area contributed by atoms with E-state index in [1.165, 1.54) is 58.4 Å². The molecule has 1 aliphatic heterocycles. The molecule has 2 fully saturated rings. The Hall–Kier alpha value is -0.570. The third-order valence-corrected chi connectivity index (χ3v) is 2.79. The van der Waals surface area contributed by atoms with Gasteiger partial charge in [0.1, 0.15) is 0 Å². The van der Waals surface area contributed by atoms with Gasteiger partial charge in [0.2, 0.25) is 6.41 Å². The largest absolute Gasteiger partial charge is 0.345 e. The predicted octanol–water partition coefficient (Wildman–Crippen LogP) is 2.15. The number of carbonyl (C=O) groups is 1. The Kier molecular flexibility index (Phi) is 11.1. The van der Waals surface area contributed by atoms with Crippen molar-refractivity contribution in [1.29, 1.82) is 0 Å². The molecule has 0 aromatic rings. The van der Waals surface area contributed by atoms with Crippen LogP contribution in [0.4, 0.5) is 0 Å². The molecule has 3 heteroatoms. The summed E-state index contributed by atoms with van der Waals surface area (Å²) in [7, 11) is 1.50. The van der Waals surface area contributed by atoms with Gasteiger partial charge in [0.25, 0.3) is 0 Å². The summed E-state index contributed by atoms with van der Waals surface area (Å²) >= 11 is 0. The fourth-order valence-corrected chi connectivity index (χ4v) is 1.91. The Bertz CT molecular complexity index is 118. The van der Waals surface area contributed by atoms with Crippen LogP contribution in [-0.4, -0.2) is 31.4 Å². The predicted molar refractivity (Wildman–Crippen MR) is 64.7 cm³/mol. The minimum Gasteiger partial charge on any atom is -0.345 e. The number of likely N-dealkylation sites (tertiary alicyclic amines) is 1. The summed E-state index contributed by atoms with van der Waals surface area (Å²) in [6.45, 7) is 1.95. The van der Waals surface area contributed by atoms with E-state index < -0.39 is 0 Å². The first kappa shape index (κ1) is 14.4. The highest BCUT2D eigenvalue weighted by molar-refractivity contribution is 5.47. The smallest absolute Gasteiger partial charge is 0.209 e. The third kappa shape index (κ3) is 8.43. The highest BCUT2D eigenvalue weighted by Crippen LogP contribution is 2.15. The summed E-state index contributed by atoms with van der Waals surface area (Å²) in [6.07, 6.45) is 12.3. The van der Waals surface area contributed by atoms with Crippen LogP contribution in [0.3, 0.4) is 0 Å². The van der Waals surface area contributed by atoms with Crippen molar-refractivity contribution in [2.45, 2.75) is 51.4 Å². The maximum Gasteiger partial charge on any atom is 0.209 e. The Morgan fingerprint density at radius 1 is 0.800 bits per heavy atom. The van der Waals surface area contributed by atoms with Gasteiger partial charge >= 0.3 is 0 Å². The van der Waals surface area contributed by atoms with Crippen LogP contribution in [0, 0.1) is 0 Å². The van der Waals surface area contributed by atoms with Gasteiger partial charge in [0.05, 0.1) is 0 Å². The van der Waals surface area contributed by atoms with Crippen molar-refractivity contribution in [3.05, 3.63) is 0 Å². The number of nitrogens with zero attached hydrogens (tertiary/aromatic N) is 1. The van der Waals surface area contributed by atoms with E-state index in [2.05, 4.69) is 5.73 Å². The van der Waals surface area contributed by atoms with Crippen molar-refractivity contribution >= 4 is 6.41 Å². The second kappa shape index (κ2) is 11.5. The molecule has 0 spiro atoms. The maximum absolute atomic E-state index is 9.93. The van der Waals surface area contributed by atoms with Gasteiger partial charge in [-0.15, -0.1) is 0 Å². The van der Waals surface area contributed by atoms with Gasteiger partial charge in [0.15, 0.2) is 0 Å². The number of nitrogens with two attached hydrogens (primary N) is 1. The van der Waals surface area contributed by atoms with Crippen molar-refractivity contribution in [2.75, 3.05) is 20.1 Å². The minimum atomic E-state index is 0.924. The Morgan fingerprint density at radius 2 is 1.13 bits per heavy atom. The molecular weight excluding hydrogens is 188 g/mol. The zero-order valence-corrected chi connectivity index (χ0v) is 10.1. The van der Waals surface area contributed by atoms with Crippen LogP contribution in [-0.2, 0) is 4.79 Å². The SMILES string of the molecule is C1CCCCC1.CN.O=CN1CCCC1. The van der Waals surface area contributed by atoms with E-state index in [0.29, 0.717) is 0 Å². The molecule has 2 rings (SSSR count). The maximum atomic E-state index is 9.93. The molecule has 0 radical (unpaired) electrons. The lowest BCUT2D eigenvalue weighted by Crippen LogP contribution is -2.15. The molecule has 1 heterocycles. The molecule has 1 aliphatic carbocycles. The van der Waals surface area contributed by atoms with Gasteiger partial charge in [-0.2, -0.15) is 0 Å². The number of carbonyl (C=O) groups excluding carboxylic acids is 1. The first-order chi connectivity index (χ1) is 7.43. The van der Waals surface area contributed by atoms with Crippen LogP contribution in [0.25, 0.3) is 0 Å². The van der Waals surface area contributed by atoms with Gasteiger partial charge in [-0.1, -0.05) is 38.5 Å². The molecular formula is C12H26N2O. The number of rotatable bonds is 1. The zero-order valence-electron chi connectivity index (χ0n) is 10.1. The normalized spacial score (nSPS) is 19.5. The highest BCUT2D eigenvalue weighted by atomic mass is 16.1. The van der Waals surface area contributed by atoms with Gasteiger partial charge in [-0.3, -0.25) is 4.79 Å². The van der Waals surface area contributed by atoms with Crippen molar-refractivity contribution in [2.24, 2.45) is 5.73 Å². The lowest BCUT2D eigenvalue weighted by Gasteiger charge is -2.05. The lowest BCUT2D eigenvalue weighted by molar-refractivity contribution is -0.117. The van der Waals surface area contributed by atoms with Gasteiger partial charge < -0.3 is 10.6 Å². The topological polar surface area (TPSA) is 46.3 Å². The van der Waals surface area contributed by atoms with Crippen molar-refractivity contribution in [1.82, 2.24) is 4.90 Å². The number of amides is 1. The van der Waals surface area contributed by atoms with Gasteiger partial charge in [-0.05, 0) is 19.9 Å². The van der Waals surface area contributed by atoms with Crippen LogP contribution in [0.2, 0.25) is 0 Å². The highest BCUT2D eigenvalue weighted by Gasteiger charge is 2.06. The molecule has 90 valence electrons. The Balaban J connectivity index is 0.000000227. The number of hydrogen-bond donors (Lipinski definition) is 1. The first-order valence-corrected chi connectivity index (χ1v) is 6.20. The second-order valence-electron chi connectivity index (χ2n) is 3.97. The molecule has 1 saturated carbocycles. The van der Waals surface area contributed by atoms with E-state index in [1.54, 1.807) is 4.90 Å². The first-order valence-electron chi connectivity index (χ1n) is 6.20. The molecule has 0 bridgehead atoms. The molecule has 3 nitrogen and oxygen atoms in total. The van der Waals surface area contributed by atoms with E-state index in [9.17, 15) is 4.79 Å². The molecule has 0 aromatic carbocycles. The Morgan fingerprint density at radius 3 is 1.33 bits per heavy atom. The number of hydrogen-bond acceptors (Lipinski definition) is 2. The summed E-state index contributed by atoms with van der Waals surface area (Å²) in [6, 6.07) is 0. The summed E-state index contributed by atoms with van der Waals surface area (Å²) in [5.41, 5.74) is 4.50. The van der Waals surface area contributed by atoms with Crippen molar-refractivity contribution < 1.29 is 4.79 Å². The molecule has 1 amide bonds. The standard InChI is InChI=1S/C6H12.C5H9NO.CH5N/c1-2-4-6-5-3-1;7-5-6-3-1-2-4-6;1-2/h1-6H2;5H,1-4H2;2H2,1H3. The molecule has 0 atom stereocenters. The summed E-state index contributed by atoms with van der Waals surface area (Å²) in [5.74, 6) is 0. The zero-order chi connectivity index (χ0) is 11.4. The average Bonchev–Trinajstić information content (AvgIpc) is 2.88. The van der Waals surface area contributed by atoms with Crippen LogP contribution >= 0.6 is 0 Å². The average molecular weight is 214 g/mol. The lowest BCUT2D eigenvalue weighted by atomic mass is 10.0. The molecule has 0 unspecified atom stereocenters. The molecule has 2 N–H and O–H groups in total. The van der Waals surface area contributed by atoms with Gasteiger partial charge in [0, 0.05) is 13.1 Å². The fraction of sp³-hybridized carbons (Fsp3) is 0.917. The van der Waals surface area contributed by atoms with Crippen molar-refractivity contribution in [3.63, 3.8) is 0 Å². The molecule has 0 aromatic heterocycles. The monoisotopic (exact) mass is 214 g/mol. The van der Waals surface area contributed by atoms with Crippen molar-refractivity contribution in [3.8, 4) is 0 Å². The second-order valence-corrected chi connectivity index (χ2v) is 3.97. The molecule has 2 aliphatic rings. The molecule has 15 heavy (non-hydrogen) atoms. The van der Waals surface area contributed by atoms with Crippen LogP contribution in [0.5, 0.6) is 0 Å². The van der Waals surface area contributed by atoms with Crippen LogP contribution in [0.1, 0.15) is 51.4 Å². The van der Waals surface area contributed by atoms with Crippen LogP contribution in [0.15, 0.2) is 0 Å². The molecule has 1 saturated heterocycles. The van der Waals surface area contributed by atoms with E-state index in [-0.39, 0.29) is 0 Å². The minimum absolute atomic E-state index is 0.924. The van der Waals surface area contributed by atoms with E-state index in [0.717, 1.165) is 19.5 Å². The fourth-order valence-electron chi connectivity index (χ4n) is 1.91. The van der Waals surface area contributed by atoms with E-state index in [4.69, 9.17) is 0 Å². The third-order valence-electron chi connectivity index (χ3n) is 2.79. The quantitative estimate of drug-likeness (QED) is 0.680. The summed E-state index contributed by atoms with van der Waals surface area (Å²) in [5, 5.41) is 0. The van der Waals surface area contributed by atoms with Crippen LogP contribution < -0.4 is 5.73 Å². The van der Waals surface area contributed by atoms with E-state index >= 15 is 0 Å². The Labute approximate surface area is 94.0 Å². The van der Waals surface area contributed by atoms with Gasteiger partial charge in [-0.25, -0.2) is 0 Å². The van der Waals surface area contributed by atoms with E-state index in [1.807, 2.05) is 0 Å².